The van der Waals surface area contributed by atoms with Crippen molar-refractivity contribution in [1.29, 1.82) is 0 Å². The summed E-state index contributed by atoms with van der Waals surface area (Å²) in [4.78, 5) is 2.76. The van der Waals surface area contributed by atoms with Crippen LogP contribution in [-0.4, -0.2) is 5.54 Å². The molecule has 0 aliphatic heterocycles. The third-order valence-corrected chi connectivity index (χ3v) is 10.3. The highest BCUT2D eigenvalue weighted by Crippen LogP contribution is 2.63. The van der Waals surface area contributed by atoms with E-state index in [0.29, 0.717) is 0 Å². The molecule has 1 nitrogen and oxygen atoms in total. The zero-order valence-electron chi connectivity index (χ0n) is 24.5. The second-order valence-electron chi connectivity index (χ2n) is 12.9. The minimum Gasteiger partial charge on any atom is -0.335 e. The molecule has 0 radical (unpaired) electrons. The maximum absolute atomic E-state index is 2.76. The van der Waals surface area contributed by atoms with Crippen LogP contribution in [0.25, 0.3) is 0 Å². The molecule has 2 atom stereocenters. The monoisotopic (exact) mass is 547 g/mol. The molecule has 1 heteroatoms. The highest BCUT2D eigenvalue weighted by atomic mass is 15.2. The minimum absolute atomic E-state index is 0.0805. The predicted octanol–water partition coefficient (Wildman–Crippen LogP) is 10.4. The molecule has 0 N–H and O–H groups in total. The largest absolute Gasteiger partial charge is 0.335 e. The van der Waals surface area contributed by atoms with Gasteiger partial charge in [-0.3, -0.25) is 0 Å². The van der Waals surface area contributed by atoms with Crippen LogP contribution >= 0.6 is 0 Å². The standard InChI is InChI=1S/C41H41N/c1-6-17-34(18-7-1)27-30-41(42(37-23-12-4-13-24-37)38-25-14-5-15-26-38)32-39(35-19-8-2-9-20-35)28-16-29-40(31-39,33-41)36-21-10-3-11-22-36/h1-15,17-26H,16,27-33H2. The fraction of sp³-hybridized carbons (Fsp3) is 0.268. The van der Waals surface area contributed by atoms with E-state index in [9.17, 15) is 0 Å². The molecule has 0 heterocycles. The van der Waals surface area contributed by atoms with Gasteiger partial charge in [0.05, 0.1) is 0 Å². The lowest BCUT2D eigenvalue weighted by Crippen LogP contribution is -2.62. The number of hydrogen-bond acceptors (Lipinski definition) is 1. The number of anilines is 2. The summed E-state index contributed by atoms with van der Waals surface area (Å²) >= 11 is 0. The zero-order chi connectivity index (χ0) is 28.3. The molecule has 2 saturated carbocycles. The van der Waals surface area contributed by atoms with E-state index >= 15 is 0 Å². The van der Waals surface area contributed by atoms with Gasteiger partial charge in [-0.25, -0.2) is 0 Å². The van der Waals surface area contributed by atoms with Gasteiger partial charge >= 0.3 is 0 Å². The lowest BCUT2D eigenvalue weighted by atomic mass is 9.46. The molecule has 2 bridgehead atoms. The van der Waals surface area contributed by atoms with Crippen LogP contribution in [-0.2, 0) is 17.3 Å². The van der Waals surface area contributed by atoms with Crippen LogP contribution in [0.3, 0.4) is 0 Å². The van der Waals surface area contributed by atoms with Crippen molar-refractivity contribution in [3.05, 3.63) is 168 Å². The normalized spacial score (nSPS) is 25.0. The Balaban J connectivity index is 1.47. The SMILES string of the molecule is c1ccc(CCC2(N(c3ccccc3)c3ccccc3)CC3(c4ccccc4)CCCC(c4ccccc4)(C3)C2)cc1. The van der Waals surface area contributed by atoms with E-state index in [4.69, 9.17) is 0 Å². The van der Waals surface area contributed by atoms with Crippen LogP contribution in [0.1, 0.15) is 61.6 Å². The molecule has 0 aromatic heterocycles. The zero-order valence-corrected chi connectivity index (χ0v) is 24.5. The number of rotatable bonds is 8. The van der Waals surface area contributed by atoms with Crippen LogP contribution in [0.4, 0.5) is 11.4 Å². The van der Waals surface area contributed by atoms with Crippen molar-refractivity contribution >= 4 is 11.4 Å². The molecule has 5 aromatic rings. The van der Waals surface area contributed by atoms with Gasteiger partial charge in [0.25, 0.3) is 0 Å². The molecular formula is C41H41N. The number of fused-ring (bicyclic) bond motifs is 2. The highest BCUT2D eigenvalue weighted by molar-refractivity contribution is 5.66. The van der Waals surface area contributed by atoms with E-state index in [1.165, 1.54) is 53.7 Å². The Kier molecular flexibility index (Phi) is 7.20. The Bertz CT molecular complexity index is 1470. The van der Waals surface area contributed by atoms with Gasteiger partial charge in [-0.15, -0.1) is 0 Å². The molecule has 2 aliphatic rings. The lowest BCUT2D eigenvalue weighted by Gasteiger charge is -2.63. The Morgan fingerprint density at radius 3 is 1.31 bits per heavy atom. The molecule has 2 fully saturated rings. The first-order chi connectivity index (χ1) is 20.7. The molecule has 5 aromatic carbocycles. The van der Waals surface area contributed by atoms with Gasteiger partial charge in [-0.05, 0) is 96.7 Å². The Hall–Kier alpha value is -4.10. The summed E-state index contributed by atoms with van der Waals surface area (Å²) < 4.78 is 0. The number of nitrogens with zero attached hydrogens (tertiary/aromatic N) is 1. The van der Waals surface area contributed by atoms with E-state index in [1.54, 1.807) is 0 Å². The summed E-state index contributed by atoms with van der Waals surface area (Å²) in [7, 11) is 0. The molecule has 2 aliphatic carbocycles. The minimum atomic E-state index is -0.0805. The van der Waals surface area contributed by atoms with Crippen LogP contribution < -0.4 is 4.90 Å². The number of aryl methyl sites for hydroxylation is 1. The van der Waals surface area contributed by atoms with Gasteiger partial charge in [0.15, 0.2) is 0 Å². The van der Waals surface area contributed by atoms with Gasteiger partial charge in [0.2, 0.25) is 0 Å². The smallest absolute Gasteiger partial charge is 0.0471 e. The summed E-state index contributed by atoms with van der Waals surface area (Å²) in [5.41, 5.74) is 7.22. The third-order valence-electron chi connectivity index (χ3n) is 10.3. The molecule has 0 amide bonds. The van der Waals surface area contributed by atoms with Crippen LogP contribution in [0.2, 0.25) is 0 Å². The molecule has 0 spiro atoms. The van der Waals surface area contributed by atoms with E-state index in [0.717, 1.165) is 25.7 Å². The summed E-state index contributed by atoms with van der Waals surface area (Å²) in [5, 5.41) is 0. The van der Waals surface area contributed by atoms with Crippen molar-refractivity contribution in [2.45, 2.75) is 67.7 Å². The van der Waals surface area contributed by atoms with E-state index < -0.39 is 0 Å². The van der Waals surface area contributed by atoms with Gasteiger partial charge in [0, 0.05) is 16.9 Å². The second-order valence-corrected chi connectivity index (χ2v) is 12.9. The molecular weight excluding hydrogens is 506 g/mol. The Morgan fingerprint density at radius 2 is 0.857 bits per heavy atom. The van der Waals surface area contributed by atoms with Gasteiger partial charge < -0.3 is 4.90 Å². The van der Waals surface area contributed by atoms with Crippen LogP contribution in [0.15, 0.2) is 152 Å². The topological polar surface area (TPSA) is 3.24 Å². The summed E-state index contributed by atoms with van der Waals surface area (Å²) in [6, 6.07) is 56.7. The number of para-hydroxylation sites is 2. The van der Waals surface area contributed by atoms with Gasteiger partial charge in [-0.1, -0.05) is 134 Å². The Labute approximate surface area is 251 Å². The van der Waals surface area contributed by atoms with E-state index in [1.807, 2.05) is 0 Å². The molecule has 2 unspecified atom stereocenters. The highest BCUT2D eigenvalue weighted by Gasteiger charge is 2.59. The van der Waals surface area contributed by atoms with Crippen LogP contribution in [0, 0.1) is 0 Å². The maximum Gasteiger partial charge on any atom is 0.0471 e. The second kappa shape index (κ2) is 11.3. The van der Waals surface area contributed by atoms with Crippen molar-refractivity contribution < 1.29 is 0 Å². The quantitative estimate of drug-likeness (QED) is 0.187. The molecule has 0 saturated heterocycles. The van der Waals surface area contributed by atoms with Gasteiger partial charge in [0.1, 0.15) is 0 Å². The van der Waals surface area contributed by atoms with E-state index in [-0.39, 0.29) is 16.4 Å². The summed E-state index contributed by atoms with van der Waals surface area (Å²) in [6.07, 6.45) is 9.45. The molecule has 42 heavy (non-hydrogen) atoms. The predicted molar refractivity (Wildman–Crippen MR) is 176 cm³/mol. The lowest BCUT2D eigenvalue weighted by molar-refractivity contribution is 0.0504. The van der Waals surface area contributed by atoms with E-state index in [2.05, 4.69) is 157 Å². The average Bonchev–Trinajstić information content (AvgIpc) is 3.06. The fourth-order valence-electron chi connectivity index (χ4n) is 8.81. The first-order valence-electron chi connectivity index (χ1n) is 15.8. The number of hydrogen-bond donors (Lipinski definition) is 0. The average molecular weight is 548 g/mol. The summed E-state index contributed by atoms with van der Waals surface area (Å²) in [6.45, 7) is 0. The van der Waals surface area contributed by atoms with Crippen molar-refractivity contribution in [3.63, 3.8) is 0 Å². The fourth-order valence-corrected chi connectivity index (χ4v) is 8.81. The summed E-state index contributed by atoms with van der Waals surface area (Å²) in [5.74, 6) is 0. The molecule has 210 valence electrons. The first-order valence-corrected chi connectivity index (χ1v) is 15.8. The van der Waals surface area contributed by atoms with Crippen molar-refractivity contribution in [2.75, 3.05) is 4.90 Å². The third kappa shape index (κ3) is 4.96. The van der Waals surface area contributed by atoms with Crippen LogP contribution in [0.5, 0.6) is 0 Å². The van der Waals surface area contributed by atoms with Gasteiger partial charge in [-0.2, -0.15) is 0 Å². The maximum atomic E-state index is 2.76. The molecule has 7 rings (SSSR count). The Morgan fingerprint density at radius 1 is 0.452 bits per heavy atom. The van der Waals surface area contributed by atoms with Crippen molar-refractivity contribution in [1.82, 2.24) is 0 Å². The van der Waals surface area contributed by atoms with Crippen molar-refractivity contribution in [2.24, 2.45) is 0 Å². The van der Waals surface area contributed by atoms with Crippen molar-refractivity contribution in [3.8, 4) is 0 Å². The number of benzene rings is 5. The first kappa shape index (κ1) is 26.8.